The Bertz CT molecular complexity index is 2360. The Hall–Kier alpha value is -4.59. The van der Waals surface area contributed by atoms with Crippen LogP contribution in [0.3, 0.4) is 0 Å². The highest BCUT2D eigenvalue weighted by molar-refractivity contribution is 7.23. The Morgan fingerprint density at radius 2 is 1.78 bits per heavy atom. The van der Waals surface area contributed by atoms with Crippen LogP contribution in [0, 0.1) is 23.0 Å². The molecule has 0 unspecified atom stereocenters. The number of carbonyl (C=O) groups is 2. The van der Waals surface area contributed by atoms with Gasteiger partial charge in [0, 0.05) is 42.4 Å². The van der Waals surface area contributed by atoms with Crippen molar-refractivity contribution in [3.63, 3.8) is 0 Å². The van der Waals surface area contributed by atoms with Gasteiger partial charge >= 0.3 is 18.2 Å². The van der Waals surface area contributed by atoms with E-state index in [4.69, 9.17) is 30.8 Å². The first-order valence-corrected chi connectivity index (χ1v) is 20.7. The van der Waals surface area contributed by atoms with Gasteiger partial charge in [0.15, 0.2) is 5.82 Å². The van der Waals surface area contributed by atoms with E-state index in [0.717, 1.165) is 49.6 Å². The normalized spacial score (nSPS) is 23.4. The smallest absolute Gasteiger partial charge is 0.412 e. The van der Waals surface area contributed by atoms with Gasteiger partial charge in [0.05, 0.1) is 32.9 Å². The molecule has 4 aromatic rings. The van der Waals surface area contributed by atoms with Crippen LogP contribution in [0.5, 0.6) is 6.01 Å². The van der Waals surface area contributed by atoms with Crippen LogP contribution >= 0.6 is 22.9 Å². The van der Waals surface area contributed by atoms with Crippen molar-refractivity contribution in [2.45, 2.75) is 109 Å². The topological polar surface area (TPSA) is 133 Å². The molecule has 17 heteroatoms. The number of alkyl halides is 1. The number of benzene rings is 2. The standard InChI is InChI=1S/C41H45ClF3N7O5S/c1-39(2,3)56-37(53)49-35-26(16-46)29-24(10-11-28(44)33(29)58-35)30-27(42)14-25-32(31(30)45)47-36(55-20-41-12-7-13-51(41)17-21(43)15-41)48-34(25)50-18-22-8-9-23(19-50)52(22)38(54)57-40(4,5)6/h10-11,14,21-23H,7-9,12-13,15,17-20H2,1-6H3,(H,49,53)/t21-,22-,23+,41+/m1/s1. The lowest BCUT2D eigenvalue weighted by molar-refractivity contribution is 0.0122. The molecule has 308 valence electrons. The van der Waals surface area contributed by atoms with Gasteiger partial charge in [-0.25, -0.2) is 22.8 Å². The van der Waals surface area contributed by atoms with Crippen LogP contribution in [0.1, 0.15) is 79.2 Å². The fourth-order valence-electron chi connectivity index (χ4n) is 9.02. The molecule has 6 heterocycles. The third-order valence-electron chi connectivity index (χ3n) is 11.2. The molecule has 2 aromatic heterocycles. The summed E-state index contributed by atoms with van der Waals surface area (Å²) in [5.41, 5.74) is -2.30. The third-order valence-corrected chi connectivity index (χ3v) is 12.7. The zero-order chi connectivity index (χ0) is 41.5. The van der Waals surface area contributed by atoms with E-state index >= 15 is 8.78 Å². The third kappa shape index (κ3) is 7.34. The van der Waals surface area contributed by atoms with E-state index in [1.54, 1.807) is 31.7 Å². The van der Waals surface area contributed by atoms with Crippen molar-refractivity contribution >= 4 is 66.9 Å². The fourth-order valence-corrected chi connectivity index (χ4v) is 10.4. The van der Waals surface area contributed by atoms with E-state index in [0.29, 0.717) is 31.9 Å². The van der Waals surface area contributed by atoms with E-state index in [-0.39, 0.29) is 72.4 Å². The fraction of sp³-hybridized carbons (Fsp3) is 0.537. The molecule has 2 bridgehead atoms. The Morgan fingerprint density at radius 3 is 2.45 bits per heavy atom. The zero-order valence-electron chi connectivity index (χ0n) is 33.2. The number of nitrogens with one attached hydrogen (secondary N) is 1. The number of nitriles is 1. The van der Waals surface area contributed by atoms with Crippen LogP contribution in [0.15, 0.2) is 18.2 Å². The Balaban J connectivity index is 1.23. The summed E-state index contributed by atoms with van der Waals surface area (Å²) in [6.07, 6.45) is 1.21. The lowest BCUT2D eigenvalue weighted by Gasteiger charge is -2.42. The van der Waals surface area contributed by atoms with E-state index in [1.807, 2.05) is 25.7 Å². The molecule has 8 rings (SSSR count). The number of halogens is 4. The summed E-state index contributed by atoms with van der Waals surface area (Å²) in [5.74, 6) is -1.19. The maximum absolute atomic E-state index is 17.5. The molecule has 58 heavy (non-hydrogen) atoms. The average molecular weight is 840 g/mol. The largest absolute Gasteiger partial charge is 0.461 e. The molecule has 2 aromatic carbocycles. The van der Waals surface area contributed by atoms with Gasteiger partial charge in [0.2, 0.25) is 0 Å². The molecule has 4 aliphatic heterocycles. The summed E-state index contributed by atoms with van der Waals surface area (Å²) in [5, 5.41) is 13.2. The second-order valence-electron chi connectivity index (χ2n) is 17.7. The van der Waals surface area contributed by atoms with Gasteiger partial charge in [-0.3, -0.25) is 15.1 Å². The molecule has 1 N–H and O–H groups in total. The van der Waals surface area contributed by atoms with E-state index in [9.17, 15) is 19.2 Å². The monoisotopic (exact) mass is 839 g/mol. The zero-order valence-corrected chi connectivity index (χ0v) is 34.8. The second kappa shape index (κ2) is 14.6. The van der Waals surface area contributed by atoms with Crippen molar-refractivity contribution in [1.82, 2.24) is 19.8 Å². The van der Waals surface area contributed by atoms with Crippen LogP contribution in [-0.4, -0.2) is 99.7 Å². The average Bonchev–Trinajstić information content (AvgIpc) is 3.84. The summed E-state index contributed by atoms with van der Waals surface area (Å²) >= 11 is 7.81. The Labute approximate surface area is 343 Å². The number of amides is 2. The predicted octanol–water partition coefficient (Wildman–Crippen LogP) is 9.21. The van der Waals surface area contributed by atoms with Gasteiger partial charge in [-0.15, -0.1) is 11.3 Å². The highest BCUT2D eigenvalue weighted by atomic mass is 35.5. The summed E-state index contributed by atoms with van der Waals surface area (Å²) in [6, 6.07) is 5.58. The number of aromatic nitrogens is 2. The maximum atomic E-state index is 17.5. The minimum atomic E-state index is -0.987. The molecule has 4 fully saturated rings. The molecule has 12 nitrogen and oxygen atoms in total. The van der Waals surface area contributed by atoms with Crippen LogP contribution in [0.25, 0.3) is 32.1 Å². The van der Waals surface area contributed by atoms with Gasteiger partial charge in [-0.2, -0.15) is 15.2 Å². The van der Waals surface area contributed by atoms with Crippen molar-refractivity contribution in [3.8, 4) is 23.2 Å². The van der Waals surface area contributed by atoms with Crippen LogP contribution < -0.4 is 15.0 Å². The number of rotatable bonds is 6. The lowest BCUT2D eigenvalue weighted by Crippen LogP contribution is -2.57. The number of carbonyl (C=O) groups excluding carboxylic acids is 2. The van der Waals surface area contributed by atoms with Crippen molar-refractivity contribution in [3.05, 3.63) is 40.4 Å². The number of ether oxygens (including phenoxy) is 3. The minimum absolute atomic E-state index is 0.00418. The highest BCUT2D eigenvalue weighted by Gasteiger charge is 2.50. The van der Waals surface area contributed by atoms with Gasteiger partial charge in [0.1, 0.15) is 52.2 Å². The molecular formula is C41H45ClF3N7O5S. The number of hydrogen-bond donors (Lipinski definition) is 1. The minimum Gasteiger partial charge on any atom is -0.461 e. The molecule has 4 atom stereocenters. The Kier molecular flexibility index (Phi) is 10.1. The molecule has 0 radical (unpaired) electrons. The van der Waals surface area contributed by atoms with E-state index in [1.165, 1.54) is 6.07 Å². The molecule has 2 amide bonds. The molecule has 0 aliphatic carbocycles. The predicted molar refractivity (Wildman–Crippen MR) is 215 cm³/mol. The molecule has 4 saturated heterocycles. The summed E-state index contributed by atoms with van der Waals surface area (Å²) < 4.78 is 65.1. The number of fused-ring (bicyclic) bond motifs is 5. The molecule has 4 aliphatic rings. The van der Waals surface area contributed by atoms with Crippen molar-refractivity contribution in [1.29, 1.82) is 5.26 Å². The highest BCUT2D eigenvalue weighted by Crippen LogP contribution is 2.47. The van der Waals surface area contributed by atoms with Crippen LogP contribution in [-0.2, 0) is 9.47 Å². The number of hydrogen-bond acceptors (Lipinski definition) is 11. The number of nitrogens with zero attached hydrogens (tertiary/aromatic N) is 6. The SMILES string of the molecule is CC(C)(C)OC(=O)Nc1sc2c(F)ccc(-c3c(Cl)cc4c(N5C[C@H]6CC[C@@H](C5)N6C(=O)OC(C)(C)C)nc(OC[C@@]56CCCN5C[C@H](F)C6)nc4c3F)c2c1C#N. The number of anilines is 2. The van der Waals surface area contributed by atoms with Gasteiger partial charge < -0.3 is 19.1 Å². The first-order chi connectivity index (χ1) is 27.3. The van der Waals surface area contributed by atoms with Crippen LogP contribution in [0.2, 0.25) is 5.02 Å². The van der Waals surface area contributed by atoms with Crippen molar-refractivity contribution in [2.75, 3.05) is 43.0 Å². The first kappa shape index (κ1) is 40.2. The first-order valence-electron chi connectivity index (χ1n) is 19.5. The van der Waals surface area contributed by atoms with Gasteiger partial charge in [0.25, 0.3) is 0 Å². The lowest BCUT2D eigenvalue weighted by atomic mass is 9.95. The van der Waals surface area contributed by atoms with Crippen molar-refractivity contribution in [2.24, 2.45) is 0 Å². The molecule has 0 saturated carbocycles. The van der Waals surface area contributed by atoms with E-state index in [2.05, 4.69) is 21.3 Å². The van der Waals surface area contributed by atoms with Crippen LogP contribution in [0.4, 0.5) is 33.6 Å². The second-order valence-corrected chi connectivity index (χ2v) is 19.1. The van der Waals surface area contributed by atoms with Gasteiger partial charge in [-0.05, 0) is 91.5 Å². The quantitative estimate of drug-likeness (QED) is 0.200. The summed E-state index contributed by atoms with van der Waals surface area (Å²) in [4.78, 5) is 41.4. The van der Waals surface area contributed by atoms with E-state index < -0.39 is 46.7 Å². The molecular weight excluding hydrogens is 795 g/mol. The number of thiophene rings is 1. The van der Waals surface area contributed by atoms with Crippen molar-refractivity contribution < 1.29 is 37.0 Å². The van der Waals surface area contributed by atoms with Gasteiger partial charge in [-0.1, -0.05) is 17.7 Å². The summed E-state index contributed by atoms with van der Waals surface area (Å²) in [6.45, 7) is 12.4. The number of piperazine rings is 1. The maximum Gasteiger partial charge on any atom is 0.412 e. The molecule has 0 spiro atoms. The summed E-state index contributed by atoms with van der Waals surface area (Å²) in [7, 11) is 0. The Morgan fingerprint density at radius 1 is 1.07 bits per heavy atom.